The average Bonchev–Trinajstić information content (AvgIpc) is 2.26. The fourth-order valence-corrected chi connectivity index (χ4v) is 1.59. The van der Waals surface area contributed by atoms with E-state index in [-0.39, 0.29) is 11.5 Å². The van der Waals surface area contributed by atoms with Crippen molar-refractivity contribution in [2.45, 2.75) is 4.90 Å². The summed E-state index contributed by atoms with van der Waals surface area (Å²) in [6.07, 6.45) is 2.73. The second-order valence-corrected chi connectivity index (χ2v) is 4.26. The van der Waals surface area contributed by atoms with Gasteiger partial charge in [0.1, 0.15) is 4.90 Å². The molecule has 84 valence electrons. The monoisotopic (exact) mass is 232 g/mol. The normalized spacial score (nSPS) is 11.5. The van der Waals surface area contributed by atoms with E-state index in [4.69, 9.17) is 9.57 Å². The Morgan fingerprint density at radius 3 is 2.87 bits per heavy atom. The minimum atomic E-state index is -3.63. The van der Waals surface area contributed by atoms with Crippen molar-refractivity contribution in [1.29, 1.82) is 0 Å². The molecular weight excluding hydrogens is 220 g/mol. The van der Waals surface area contributed by atoms with Gasteiger partial charge >= 0.3 is 0 Å². The van der Waals surface area contributed by atoms with Gasteiger partial charge in [-0.3, -0.25) is 9.82 Å². The van der Waals surface area contributed by atoms with Crippen LogP contribution in [-0.4, -0.2) is 33.7 Å². The number of aromatic nitrogens is 1. The molecule has 0 aliphatic heterocycles. The summed E-state index contributed by atoms with van der Waals surface area (Å²) in [5.41, 5.74) is 0. The Morgan fingerprint density at radius 1 is 1.47 bits per heavy atom. The highest BCUT2D eigenvalue weighted by atomic mass is 32.2. The van der Waals surface area contributed by atoms with Crippen molar-refractivity contribution in [3.8, 4) is 0 Å². The number of hydrogen-bond donors (Lipinski definition) is 1. The summed E-state index contributed by atoms with van der Waals surface area (Å²) in [5, 5.41) is 0. The van der Waals surface area contributed by atoms with Gasteiger partial charge in [0.15, 0.2) is 0 Å². The maximum atomic E-state index is 11.5. The molecule has 1 aromatic heterocycles. The molecule has 0 spiro atoms. The number of sulfonamides is 1. The molecule has 1 rings (SSSR count). The van der Waals surface area contributed by atoms with Crippen LogP contribution in [0, 0.1) is 0 Å². The molecule has 15 heavy (non-hydrogen) atoms. The third-order valence-electron chi connectivity index (χ3n) is 1.50. The summed E-state index contributed by atoms with van der Waals surface area (Å²) in [4.78, 5) is 10.4. The summed E-state index contributed by atoms with van der Waals surface area (Å²) in [6, 6.07) is 2.96. The van der Waals surface area contributed by atoms with Gasteiger partial charge < -0.3 is 4.74 Å². The molecule has 0 aromatic carbocycles. The fraction of sp³-hybridized carbons (Fsp3) is 0.375. The molecule has 6 nitrogen and oxygen atoms in total. The number of methoxy groups -OCH3 is 1. The second-order valence-electron chi connectivity index (χ2n) is 2.62. The van der Waals surface area contributed by atoms with Gasteiger partial charge in [-0.25, -0.2) is 8.42 Å². The SMILES string of the molecule is COCCONS(=O)(=O)c1cccnc1. The van der Waals surface area contributed by atoms with Gasteiger partial charge in [0.2, 0.25) is 0 Å². The predicted octanol–water partition coefficient (Wildman–Crippen LogP) is -0.0621. The van der Waals surface area contributed by atoms with Crippen molar-refractivity contribution in [2.75, 3.05) is 20.3 Å². The number of nitrogens with one attached hydrogen (secondary N) is 1. The van der Waals surface area contributed by atoms with Crippen LogP contribution in [-0.2, 0) is 19.6 Å². The van der Waals surface area contributed by atoms with Gasteiger partial charge in [-0.1, -0.05) is 4.89 Å². The molecule has 0 aliphatic rings. The van der Waals surface area contributed by atoms with Gasteiger partial charge in [0, 0.05) is 19.5 Å². The first kappa shape index (κ1) is 12.1. The molecule has 1 heterocycles. The number of pyridine rings is 1. The number of nitrogens with zero attached hydrogens (tertiary/aromatic N) is 1. The second kappa shape index (κ2) is 5.76. The van der Waals surface area contributed by atoms with Gasteiger partial charge in [0.05, 0.1) is 13.2 Å². The Morgan fingerprint density at radius 2 is 2.27 bits per heavy atom. The fourth-order valence-electron chi connectivity index (χ4n) is 0.798. The summed E-state index contributed by atoms with van der Waals surface area (Å²) < 4.78 is 27.6. The molecule has 0 fully saturated rings. The van der Waals surface area contributed by atoms with Crippen molar-refractivity contribution in [1.82, 2.24) is 9.87 Å². The summed E-state index contributed by atoms with van der Waals surface area (Å²) in [5.74, 6) is 0. The Hall–Kier alpha value is -1.02. The summed E-state index contributed by atoms with van der Waals surface area (Å²) in [7, 11) is -2.13. The highest BCUT2D eigenvalue weighted by Gasteiger charge is 2.13. The number of hydrogen-bond acceptors (Lipinski definition) is 5. The smallest absolute Gasteiger partial charge is 0.264 e. The van der Waals surface area contributed by atoms with Crippen molar-refractivity contribution in [3.05, 3.63) is 24.5 Å². The van der Waals surface area contributed by atoms with E-state index in [2.05, 4.69) is 4.98 Å². The molecule has 0 aliphatic carbocycles. The van der Waals surface area contributed by atoms with Gasteiger partial charge in [-0.2, -0.15) is 0 Å². The molecule has 0 unspecified atom stereocenters. The van der Waals surface area contributed by atoms with Crippen molar-refractivity contribution < 1.29 is 18.0 Å². The lowest BCUT2D eigenvalue weighted by Crippen LogP contribution is -2.25. The molecular formula is C8H12N2O4S. The van der Waals surface area contributed by atoms with Crippen LogP contribution in [0.2, 0.25) is 0 Å². The zero-order chi connectivity index (χ0) is 11.1. The van der Waals surface area contributed by atoms with E-state index in [1.807, 2.05) is 4.89 Å². The third kappa shape index (κ3) is 3.92. The standard InChI is InChI=1S/C8H12N2O4S/c1-13-5-6-14-10-15(11,12)8-3-2-4-9-7-8/h2-4,7,10H,5-6H2,1H3. The predicted molar refractivity (Wildman–Crippen MR) is 52.4 cm³/mol. The van der Waals surface area contributed by atoms with E-state index in [9.17, 15) is 8.42 Å². The first-order valence-electron chi connectivity index (χ1n) is 4.19. The van der Waals surface area contributed by atoms with Crippen LogP contribution in [0.5, 0.6) is 0 Å². The van der Waals surface area contributed by atoms with Gasteiger partial charge in [0.25, 0.3) is 10.0 Å². The molecule has 0 saturated heterocycles. The largest absolute Gasteiger partial charge is 0.382 e. The average molecular weight is 232 g/mol. The third-order valence-corrected chi connectivity index (χ3v) is 2.70. The Balaban J connectivity index is 2.53. The van der Waals surface area contributed by atoms with E-state index in [1.165, 1.54) is 31.6 Å². The summed E-state index contributed by atoms with van der Waals surface area (Å²) in [6.45, 7) is 0.464. The highest BCUT2D eigenvalue weighted by molar-refractivity contribution is 7.89. The molecule has 0 radical (unpaired) electrons. The van der Waals surface area contributed by atoms with Gasteiger partial charge in [-0.15, -0.1) is 0 Å². The zero-order valence-corrected chi connectivity index (χ0v) is 9.03. The molecule has 1 aromatic rings. The minimum Gasteiger partial charge on any atom is -0.382 e. The first-order valence-corrected chi connectivity index (χ1v) is 5.67. The van der Waals surface area contributed by atoms with E-state index >= 15 is 0 Å². The van der Waals surface area contributed by atoms with Crippen LogP contribution in [0.25, 0.3) is 0 Å². The lowest BCUT2D eigenvalue weighted by molar-refractivity contribution is 0.0438. The van der Waals surface area contributed by atoms with Crippen LogP contribution < -0.4 is 4.89 Å². The lowest BCUT2D eigenvalue weighted by Gasteiger charge is -2.05. The topological polar surface area (TPSA) is 77.5 Å². The first-order chi connectivity index (χ1) is 7.17. The Labute approximate surface area is 88.2 Å². The van der Waals surface area contributed by atoms with E-state index in [0.717, 1.165) is 0 Å². The molecule has 1 N–H and O–H groups in total. The minimum absolute atomic E-state index is 0.0578. The molecule has 0 atom stereocenters. The Bertz CT molecular complexity index is 379. The molecule has 7 heteroatoms. The maximum absolute atomic E-state index is 11.5. The van der Waals surface area contributed by atoms with Crippen LogP contribution >= 0.6 is 0 Å². The van der Waals surface area contributed by atoms with Crippen LogP contribution in [0.1, 0.15) is 0 Å². The zero-order valence-electron chi connectivity index (χ0n) is 8.21. The summed E-state index contributed by atoms with van der Waals surface area (Å²) >= 11 is 0. The van der Waals surface area contributed by atoms with Crippen molar-refractivity contribution in [2.24, 2.45) is 0 Å². The van der Waals surface area contributed by atoms with E-state index in [1.54, 1.807) is 0 Å². The maximum Gasteiger partial charge on any atom is 0.264 e. The van der Waals surface area contributed by atoms with Crippen molar-refractivity contribution in [3.63, 3.8) is 0 Å². The number of ether oxygens (including phenoxy) is 1. The quantitative estimate of drug-likeness (QED) is 0.549. The van der Waals surface area contributed by atoms with Gasteiger partial charge in [-0.05, 0) is 12.1 Å². The molecule has 0 amide bonds. The molecule has 0 saturated carbocycles. The van der Waals surface area contributed by atoms with E-state index in [0.29, 0.717) is 6.61 Å². The van der Waals surface area contributed by atoms with E-state index < -0.39 is 10.0 Å². The lowest BCUT2D eigenvalue weighted by atomic mass is 10.5. The molecule has 0 bridgehead atoms. The van der Waals surface area contributed by atoms with Crippen LogP contribution in [0.3, 0.4) is 0 Å². The number of rotatable bonds is 6. The Kier molecular flexibility index (Phi) is 4.63. The van der Waals surface area contributed by atoms with Crippen LogP contribution in [0.15, 0.2) is 29.4 Å². The van der Waals surface area contributed by atoms with Crippen molar-refractivity contribution >= 4 is 10.0 Å². The highest BCUT2D eigenvalue weighted by Crippen LogP contribution is 2.04. The van der Waals surface area contributed by atoms with Crippen LogP contribution in [0.4, 0.5) is 0 Å².